The van der Waals surface area contributed by atoms with E-state index in [0.717, 1.165) is 25.2 Å². The molecule has 0 radical (unpaired) electrons. The van der Waals surface area contributed by atoms with Gasteiger partial charge in [0.2, 0.25) is 0 Å². The molecule has 1 rings (SSSR count). The van der Waals surface area contributed by atoms with Crippen molar-refractivity contribution in [2.45, 2.75) is 65.4 Å². The number of hydrogen-bond donors (Lipinski definition) is 2. The largest absolute Gasteiger partial charge is 0.390 e. The zero-order chi connectivity index (χ0) is 12.4. The van der Waals surface area contributed by atoms with E-state index in [0.29, 0.717) is 12.5 Å². The molecule has 16 heavy (non-hydrogen) atoms. The Morgan fingerprint density at radius 3 is 2.25 bits per heavy atom. The van der Waals surface area contributed by atoms with Crippen LogP contribution in [-0.2, 0) is 0 Å². The lowest BCUT2D eigenvalue weighted by Crippen LogP contribution is -2.53. The van der Waals surface area contributed by atoms with E-state index in [-0.39, 0.29) is 5.41 Å². The predicted molar refractivity (Wildman–Crippen MR) is 69.2 cm³/mol. The molecule has 1 atom stereocenters. The van der Waals surface area contributed by atoms with E-state index in [1.165, 1.54) is 12.8 Å². The van der Waals surface area contributed by atoms with Gasteiger partial charge in [-0.1, -0.05) is 33.6 Å². The molecule has 1 aliphatic carbocycles. The fraction of sp³-hybridized carbons (Fsp3) is 1.00. The van der Waals surface area contributed by atoms with E-state index < -0.39 is 5.60 Å². The molecule has 1 aliphatic rings. The van der Waals surface area contributed by atoms with Crippen LogP contribution in [-0.4, -0.2) is 17.3 Å². The van der Waals surface area contributed by atoms with Crippen molar-refractivity contribution >= 4 is 0 Å². The van der Waals surface area contributed by atoms with Gasteiger partial charge in [0.1, 0.15) is 0 Å². The normalized spacial score (nSPS) is 35.1. The van der Waals surface area contributed by atoms with Gasteiger partial charge >= 0.3 is 0 Å². The third-order valence-corrected chi connectivity index (χ3v) is 4.57. The first kappa shape index (κ1) is 14.0. The molecular formula is C14H29NO. The van der Waals surface area contributed by atoms with Crippen LogP contribution in [0.15, 0.2) is 0 Å². The van der Waals surface area contributed by atoms with E-state index in [4.69, 9.17) is 5.73 Å². The molecule has 0 spiro atoms. The van der Waals surface area contributed by atoms with Gasteiger partial charge in [0.15, 0.2) is 0 Å². The fourth-order valence-corrected chi connectivity index (χ4v) is 3.29. The lowest BCUT2D eigenvalue weighted by Gasteiger charge is -2.49. The Balaban J connectivity index is 2.78. The summed E-state index contributed by atoms with van der Waals surface area (Å²) in [5.41, 5.74) is 5.35. The molecular weight excluding hydrogens is 198 g/mol. The maximum Gasteiger partial charge on any atom is 0.0690 e. The van der Waals surface area contributed by atoms with E-state index >= 15 is 0 Å². The number of nitrogens with two attached hydrogens (primary N) is 1. The third kappa shape index (κ3) is 2.78. The first-order valence-electron chi connectivity index (χ1n) is 6.75. The molecule has 0 saturated heterocycles. The molecule has 3 N–H and O–H groups in total. The maximum absolute atomic E-state index is 10.8. The van der Waals surface area contributed by atoms with Crippen LogP contribution >= 0.6 is 0 Å². The van der Waals surface area contributed by atoms with E-state index in [1.807, 2.05) is 6.92 Å². The average molecular weight is 227 g/mol. The van der Waals surface area contributed by atoms with Crippen molar-refractivity contribution in [3.63, 3.8) is 0 Å². The summed E-state index contributed by atoms with van der Waals surface area (Å²) in [6.07, 6.45) is 5.46. The van der Waals surface area contributed by atoms with Crippen LogP contribution in [0, 0.1) is 17.3 Å². The monoisotopic (exact) mass is 227 g/mol. The summed E-state index contributed by atoms with van der Waals surface area (Å²) in [5, 5.41) is 10.8. The Kier molecular flexibility index (Phi) is 4.42. The molecule has 96 valence electrons. The van der Waals surface area contributed by atoms with Crippen LogP contribution in [0.3, 0.4) is 0 Å². The molecule has 1 unspecified atom stereocenters. The van der Waals surface area contributed by atoms with Gasteiger partial charge in [-0.25, -0.2) is 0 Å². The van der Waals surface area contributed by atoms with Crippen LogP contribution in [0.25, 0.3) is 0 Å². The van der Waals surface area contributed by atoms with Crippen LogP contribution in [0.1, 0.15) is 59.8 Å². The summed E-state index contributed by atoms with van der Waals surface area (Å²) >= 11 is 0. The molecule has 0 aromatic rings. The highest BCUT2D eigenvalue weighted by Crippen LogP contribution is 2.47. The summed E-state index contributed by atoms with van der Waals surface area (Å²) in [6.45, 7) is 9.27. The Morgan fingerprint density at radius 2 is 1.88 bits per heavy atom. The summed E-state index contributed by atoms with van der Waals surface area (Å²) in [7, 11) is 0. The second kappa shape index (κ2) is 5.05. The average Bonchev–Trinajstić information content (AvgIpc) is 2.17. The second-order valence-electron chi connectivity index (χ2n) is 6.54. The van der Waals surface area contributed by atoms with Crippen molar-refractivity contribution in [1.82, 2.24) is 0 Å². The number of aliphatic hydroxyl groups is 1. The molecule has 1 fully saturated rings. The summed E-state index contributed by atoms with van der Waals surface area (Å²) in [5.74, 6) is 1.33. The van der Waals surface area contributed by atoms with Crippen molar-refractivity contribution in [1.29, 1.82) is 0 Å². The Morgan fingerprint density at radius 1 is 1.38 bits per heavy atom. The molecule has 0 bridgehead atoms. The summed E-state index contributed by atoms with van der Waals surface area (Å²) < 4.78 is 0. The lowest BCUT2D eigenvalue weighted by molar-refractivity contribution is -0.102. The van der Waals surface area contributed by atoms with E-state index in [9.17, 15) is 5.11 Å². The highest BCUT2D eigenvalue weighted by Gasteiger charge is 2.47. The second-order valence-corrected chi connectivity index (χ2v) is 6.54. The highest BCUT2D eigenvalue weighted by molar-refractivity contribution is 4.99. The molecule has 2 heteroatoms. The third-order valence-electron chi connectivity index (χ3n) is 4.57. The fourth-order valence-electron chi connectivity index (χ4n) is 3.29. The van der Waals surface area contributed by atoms with Gasteiger partial charge < -0.3 is 10.8 Å². The van der Waals surface area contributed by atoms with Gasteiger partial charge in [-0.2, -0.15) is 0 Å². The minimum atomic E-state index is -0.601. The molecule has 0 aromatic carbocycles. The molecule has 0 amide bonds. The molecule has 0 heterocycles. The van der Waals surface area contributed by atoms with Gasteiger partial charge in [0.25, 0.3) is 0 Å². The molecule has 1 saturated carbocycles. The first-order chi connectivity index (χ1) is 7.33. The van der Waals surface area contributed by atoms with Crippen LogP contribution in [0.4, 0.5) is 0 Å². The first-order valence-corrected chi connectivity index (χ1v) is 6.75. The lowest BCUT2D eigenvalue weighted by atomic mass is 9.60. The van der Waals surface area contributed by atoms with Crippen molar-refractivity contribution in [3.05, 3.63) is 0 Å². The summed E-state index contributed by atoms with van der Waals surface area (Å²) in [4.78, 5) is 0. The minimum Gasteiger partial charge on any atom is -0.390 e. The molecule has 2 nitrogen and oxygen atoms in total. The maximum atomic E-state index is 10.8. The quantitative estimate of drug-likeness (QED) is 0.775. The van der Waals surface area contributed by atoms with E-state index in [1.54, 1.807) is 0 Å². The van der Waals surface area contributed by atoms with Gasteiger partial charge in [0, 0.05) is 12.0 Å². The Labute approximate surface area is 101 Å². The number of rotatable bonds is 4. The zero-order valence-electron chi connectivity index (χ0n) is 11.4. The van der Waals surface area contributed by atoms with Crippen LogP contribution in [0.2, 0.25) is 0 Å². The minimum absolute atomic E-state index is 0.0379. The zero-order valence-corrected chi connectivity index (χ0v) is 11.4. The summed E-state index contributed by atoms with van der Waals surface area (Å²) in [6, 6.07) is 0. The van der Waals surface area contributed by atoms with Crippen LogP contribution < -0.4 is 5.73 Å². The molecule has 0 aromatic heterocycles. The SMILES string of the molecule is CC(C)CC(C)(O)C1(CN)CCC(C)CC1. The smallest absolute Gasteiger partial charge is 0.0690 e. The van der Waals surface area contributed by atoms with Crippen molar-refractivity contribution in [3.8, 4) is 0 Å². The van der Waals surface area contributed by atoms with Crippen molar-refractivity contribution < 1.29 is 5.11 Å². The van der Waals surface area contributed by atoms with Crippen molar-refractivity contribution in [2.24, 2.45) is 23.0 Å². The standard InChI is InChI=1S/C14H29NO/c1-11(2)9-13(4,16)14(10-15)7-5-12(3)6-8-14/h11-12,16H,5-10,15H2,1-4H3. The molecule has 0 aliphatic heterocycles. The van der Waals surface area contributed by atoms with E-state index in [2.05, 4.69) is 20.8 Å². The Hall–Kier alpha value is -0.0800. The number of hydrogen-bond acceptors (Lipinski definition) is 2. The van der Waals surface area contributed by atoms with Gasteiger partial charge in [-0.3, -0.25) is 0 Å². The predicted octanol–water partition coefficient (Wildman–Crippen LogP) is 2.94. The van der Waals surface area contributed by atoms with Gasteiger partial charge in [-0.05, 0) is 38.0 Å². The highest BCUT2D eigenvalue weighted by atomic mass is 16.3. The van der Waals surface area contributed by atoms with Crippen LogP contribution in [0.5, 0.6) is 0 Å². The van der Waals surface area contributed by atoms with Crippen molar-refractivity contribution in [2.75, 3.05) is 6.54 Å². The van der Waals surface area contributed by atoms with Gasteiger partial charge in [-0.15, -0.1) is 0 Å². The van der Waals surface area contributed by atoms with Gasteiger partial charge in [0.05, 0.1) is 5.60 Å². The Bertz CT molecular complexity index is 215. The topological polar surface area (TPSA) is 46.2 Å².